The van der Waals surface area contributed by atoms with Crippen molar-refractivity contribution in [2.24, 2.45) is 0 Å². The Morgan fingerprint density at radius 3 is 2.20 bits per heavy atom. The van der Waals surface area contributed by atoms with E-state index in [1.165, 1.54) is 16.8 Å². The van der Waals surface area contributed by atoms with Crippen LogP contribution in [-0.2, 0) is 26.8 Å². The Bertz CT molecular complexity index is 1410. The Kier molecular flexibility index (Phi) is 7.71. The molecule has 0 atom stereocenters. The number of aromatic nitrogens is 2. The zero-order valence-electron chi connectivity index (χ0n) is 20.1. The summed E-state index contributed by atoms with van der Waals surface area (Å²) in [4.78, 5) is 37.3. The zero-order valence-corrected chi connectivity index (χ0v) is 20.9. The molecule has 11 heteroatoms. The summed E-state index contributed by atoms with van der Waals surface area (Å²) in [5, 5.41) is 4.79. The third-order valence-electron chi connectivity index (χ3n) is 5.37. The second kappa shape index (κ2) is 10.4. The molecule has 3 aromatic rings. The first kappa shape index (κ1) is 26.0. The molecule has 0 saturated heterocycles. The third kappa shape index (κ3) is 6.11. The van der Waals surface area contributed by atoms with Crippen LogP contribution < -0.4 is 21.1 Å². The highest BCUT2D eigenvalue weighted by molar-refractivity contribution is 7.89. The van der Waals surface area contributed by atoms with Gasteiger partial charge in [0.15, 0.2) is 5.69 Å². The molecule has 0 spiro atoms. The van der Waals surface area contributed by atoms with Crippen LogP contribution in [0.3, 0.4) is 0 Å². The van der Waals surface area contributed by atoms with Crippen molar-refractivity contribution in [2.75, 3.05) is 6.54 Å². The minimum Gasteiger partial charge on any atom is -0.273 e. The molecule has 3 rings (SSSR count). The van der Waals surface area contributed by atoms with Gasteiger partial charge in [0.25, 0.3) is 11.5 Å². The summed E-state index contributed by atoms with van der Waals surface area (Å²) >= 11 is 0. The average molecular weight is 500 g/mol. The first-order valence-corrected chi connectivity index (χ1v) is 12.6. The highest BCUT2D eigenvalue weighted by atomic mass is 32.2. The highest BCUT2D eigenvalue weighted by Gasteiger charge is 2.19. The van der Waals surface area contributed by atoms with E-state index in [1.807, 2.05) is 20.8 Å². The van der Waals surface area contributed by atoms with Gasteiger partial charge in [-0.2, -0.15) is 5.10 Å². The van der Waals surface area contributed by atoms with Gasteiger partial charge in [-0.05, 0) is 36.1 Å². The molecule has 0 fully saturated rings. The van der Waals surface area contributed by atoms with Crippen LogP contribution in [0.25, 0.3) is 10.8 Å². The lowest BCUT2D eigenvalue weighted by atomic mass is 9.87. The van der Waals surface area contributed by atoms with Gasteiger partial charge in [-0.1, -0.05) is 51.1 Å². The van der Waals surface area contributed by atoms with E-state index in [1.54, 1.807) is 43.3 Å². The van der Waals surface area contributed by atoms with E-state index in [2.05, 4.69) is 20.7 Å². The molecule has 0 saturated carbocycles. The van der Waals surface area contributed by atoms with Crippen LogP contribution in [0.2, 0.25) is 0 Å². The molecule has 0 radical (unpaired) electrons. The number of carbonyl (C=O) groups is 2. The number of nitrogens with zero attached hydrogens (tertiary/aromatic N) is 2. The molecule has 0 aliphatic carbocycles. The van der Waals surface area contributed by atoms with E-state index < -0.39 is 21.8 Å². The Labute approximate surface area is 203 Å². The highest BCUT2D eigenvalue weighted by Crippen LogP contribution is 2.23. The van der Waals surface area contributed by atoms with Gasteiger partial charge in [0, 0.05) is 24.9 Å². The van der Waals surface area contributed by atoms with Crippen LogP contribution >= 0.6 is 0 Å². The number of rotatable bonds is 7. The Morgan fingerprint density at radius 2 is 1.60 bits per heavy atom. The van der Waals surface area contributed by atoms with E-state index in [0.29, 0.717) is 10.8 Å². The first-order valence-electron chi connectivity index (χ1n) is 11.1. The topological polar surface area (TPSA) is 139 Å². The second-order valence-electron chi connectivity index (χ2n) is 8.94. The van der Waals surface area contributed by atoms with Crippen molar-refractivity contribution in [3.05, 3.63) is 70.1 Å². The van der Waals surface area contributed by atoms with Crippen molar-refractivity contribution >= 4 is 32.6 Å². The fraction of sp³-hybridized carbons (Fsp3) is 0.333. The van der Waals surface area contributed by atoms with Gasteiger partial charge in [0.05, 0.1) is 10.3 Å². The SMILES string of the molecule is CCn1nc(C(=O)NNC(=O)CCNS(=O)(=O)c2ccc(C(C)(C)C)cc2)c2ccccc2c1=O. The Morgan fingerprint density at radius 1 is 0.971 bits per heavy atom. The molecular formula is C24H29N5O5S. The smallest absolute Gasteiger partial charge is 0.273 e. The predicted octanol–water partition coefficient (Wildman–Crippen LogP) is 1.84. The molecule has 1 aromatic heterocycles. The fourth-order valence-electron chi connectivity index (χ4n) is 3.38. The summed E-state index contributed by atoms with van der Waals surface area (Å²) in [6, 6.07) is 13.1. The van der Waals surface area contributed by atoms with Crippen molar-refractivity contribution in [1.82, 2.24) is 25.4 Å². The molecular weight excluding hydrogens is 470 g/mol. The predicted molar refractivity (Wildman–Crippen MR) is 132 cm³/mol. The van der Waals surface area contributed by atoms with Crippen molar-refractivity contribution < 1.29 is 18.0 Å². The van der Waals surface area contributed by atoms with Crippen LogP contribution in [0.5, 0.6) is 0 Å². The minimum atomic E-state index is -3.79. The third-order valence-corrected chi connectivity index (χ3v) is 6.85. The molecule has 2 aromatic carbocycles. The molecule has 0 aliphatic rings. The number of sulfonamides is 1. The van der Waals surface area contributed by atoms with Crippen LogP contribution in [0.1, 0.15) is 50.2 Å². The number of nitrogens with one attached hydrogen (secondary N) is 3. The quantitative estimate of drug-likeness (QED) is 0.424. The molecule has 10 nitrogen and oxygen atoms in total. The van der Waals surface area contributed by atoms with Gasteiger partial charge in [-0.3, -0.25) is 25.2 Å². The van der Waals surface area contributed by atoms with E-state index in [-0.39, 0.29) is 41.1 Å². The number of fused-ring (bicyclic) bond motifs is 1. The van der Waals surface area contributed by atoms with Crippen molar-refractivity contribution in [2.45, 2.75) is 51.0 Å². The van der Waals surface area contributed by atoms with Gasteiger partial charge >= 0.3 is 0 Å². The number of amides is 2. The van der Waals surface area contributed by atoms with Gasteiger partial charge in [0.1, 0.15) is 0 Å². The molecule has 35 heavy (non-hydrogen) atoms. The van der Waals surface area contributed by atoms with Crippen LogP contribution in [0, 0.1) is 0 Å². The lowest BCUT2D eigenvalue weighted by Crippen LogP contribution is -2.43. The molecule has 0 aliphatic heterocycles. The average Bonchev–Trinajstić information content (AvgIpc) is 2.82. The lowest BCUT2D eigenvalue weighted by Gasteiger charge is -2.19. The van der Waals surface area contributed by atoms with E-state index in [0.717, 1.165) is 5.56 Å². The number of carbonyl (C=O) groups excluding carboxylic acids is 2. The maximum absolute atomic E-state index is 12.6. The van der Waals surface area contributed by atoms with Gasteiger partial charge in [-0.25, -0.2) is 17.8 Å². The molecule has 3 N–H and O–H groups in total. The Hall–Kier alpha value is -3.57. The van der Waals surface area contributed by atoms with E-state index in [4.69, 9.17) is 0 Å². The van der Waals surface area contributed by atoms with E-state index in [9.17, 15) is 22.8 Å². The monoisotopic (exact) mass is 499 g/mol. The second-order valence-corrected chi connectivity index (χ2v) is 10.7. The number of benzene rings is 2. The maximum atomic E-state index is 12.6. The van der Waals surface area contributed by atoms with Crippen LogP contribution in [0.4, 0.5) is 0 Å². The summed E-state index contributed by atoms with van der Waals surface area (Å²) < 4.78 is 28.5. The summed E-state index contributed by atoms with van der Waals surface area (Å²) in [7, 11) is -3.79. The molecule has 2 amide bonds. The number of hydrazine groups is 1. The Balaban J connectivity index is 1.58. The molecule has 0 bridgehead atoms. The van der Waals surface area contributed by atoms with Crippen LogP contribution in [0.15, 0.2) is 58.2 Å². The summed E-state index contributed by atoms with van der Waals surface area (Å²) in [5.41, 5.74) is 5.09. The van der Waals surface area contributed by atoms with Crippen molar-refractivity contribution in [3.63, 3.8) is 0 Å². The largest absolute Gasteiger partial charge is 0.290 e. The lowest BCUT2D eigenvalue weighted by molar-refractivity contribution is -0.121. The van der Waals surface area contributed by atoms with Crippen molar-refractivity contribution in [1.29, 1.82) is 0 Å². The number of aryl methyl sites for hydroxylation is 1. The summed E-state index contributed by atoms with van der Waals surface area (Å²) in [6.45, 7) is 7.94. The molecule has 1 heterocycles. The number of hydrogen-bond acceptors (Lipinski definition) is 6. The van der Waals surface area contributed by atoms with Gasteiger partial charge in [-0.15, -0.1) is 0 Å². The summed E-state index contributed by atoms with van der Waals surface area (Å²) in [5.74, 6) is -1.30. The van der Waals surface area contributed by atoms with Gasteiger partial charge < -0.3 is 0 Å². The van der Waals surface area contributed by atoms with Crippen LogP contribution in [-0.4, -0.2) is 36.6 Å². The zero-order chi connectivity index (χ0) is 25.8. The first-order chi connectivity index (χ1) is 16.4. The van der Waals surface area contributed by atoms with E-state index >= 15 is 0 Å². The standard InChI is InChI=1S/C24H29N5O5S/c1-5-29-23(32)19-9-7-6-8-18(19)21(28-29)22(31)27-26-20(30)14-15-25-35(33,34)17-12-10-16(11-13-17)24(2,3)4/h6-13,25H,5,14-15H2,1-4H3,(H,26,30)(H,27,31). The summed E-state index contributed by atoms with van der Waals surface area (Å²) in [6.07, 6.45) is -0.206. The van der Waals surface area contributed by atoms with Crippen molar-refractivity contribution in [3.8, 4) is 0 Å². The van der Waals surface area contributed by atoms with Gasteiger partial charge in [0.2, 0.25) is 15.9 Å². The molecule has 186 valence electrons. The molecule has 0 unspecified atom stereocenters. The normalized spacial score (nSPS) is 11.9. The minimum absolute atomic E-state index is 0.0123. The maximum Gasteiger partial charge on any atom is 0.290 e. The fourth-order valence-corrected chi connectivity index (χ4v) is 4.41. The number of hydrogen-bond donors (Lipinski definition) is 3.